The fraction of sp³-hybridized carbons (Fsp3) is 0.158. The zero-order valence-corrected chi connectivity index (χ0v) is 14.8. The molecule has 138 valence electrons. The minimum absolute atomic E-state index is 0.0800. The summed E-state index contributed by atoms with van der Waals surface area (Å²) in [6, 6.07) is 13.9. The summed E-state index contributed by atoms with van der Waals surface area (Å²) in [6.07, 6.45) is 3.58. The molecule has 3 aromatic rings. The van der Waals surface area contributed by atoms with Crippen LogP contribution in [0.25, 0.3) is 5.69 Å². The monoisotopic (exact) mass is 366 g/mol. The van der Waals surface area contributed by atoms with Crippen molar-refractivity contribution in [3.8, 4) is 5.69 Å². The highest BCUT2D eigenvalue weighted by Crippen LogP contribution is 2.26. The molecule has 0 spiro atoms. The lowest BCUT2D eigenvalue weighted by molar-refractivity contribution is -0.385. The number of methoxy groups -OCH3 is 1. The Bertz CT molecular complexity index is 952. The van der Waals surface area contributed by atoms with E-state index in [1.807, 2.05) is 43.5 Å². The van der Waals surface area contributed by atoms with Gasteiger partial charge in [0.05, 0.1) is 17.7 Å². The second kappa shape index (κ2) is 7.69. The van der Waals surface area contributed by atoms with E-state index < -0.39 is 10.9 Å². The summed E-state index contributed by atoms with van der Waals surface area (Å²) in [5.74, 6) is -0.749. The number of nitro benzene ring substituents is 1. The Morgan fingerprint density at radius 1 is 1.26 bits per heavy atom. The molecule has 0 fully saturated rings. The van der Waals surface area contributed by atoms with Crippen LogP contribution in [-0.4, -0.2) is 27.8 Å². The molecule has 27 heavy (non-hydrogen) atoms. The molecule has 1 heterocycles. The highest BCUT2D eigenvalue weighted by atomic mass is 16.6. The molecule has 0 amide bonds. The van der Waals surface area contributed by atoms with E-state index in [0.29, 0.717) is 5.69 Å². The number of nitrogens with one attached hydrogen (secondary N) is 1. The van der Waals surface area contributed by atoms with Crippen LogP contribution in [0, 0.1) is 10.1 Å². The van der Waals surface area contributed by atoms with E-state index >= 15 is 0 Å². The molecule has 0 saturated heterocycles. The van der Waals surface area contributed by atoms with Crippen LogP contribution < -0.4 is 5.32 Å². The third kappa shape index (κ3) is 3.95. The quantitative estimate of drug-likeness (QED) is 0.405. The minimum atomic E-state index is -0.749. The molecule has 3 rings (SSSR count). The van der Waals surface area contributed by atoms with Gasteiger partial charge < -0.3 is 10.1 Å². The fourth-order valence-corrected chi connectivity index (χ4v) is 2.73. The molecule has 1 unspecified atom stereocenters. The fourth-order valence-electron chi connectivity index (χ4n) is 2.73. The largest absolute Gasteiger partial charge is 0.465 e. The Hall–Kier alpha value is -3.68. The van der Waals surface area contributed by atoms with Crippen LogP contribution in [0.1, 0.15) is 28.9 Å². The molecule has 8 heteroatoms. The first-order valence-corrected chi connectivity index (χ1v) is 8.23. The van der Waals surface area contributed by atoms with Crippen molar-refractivity contribution < 1.29 is 14.5 Å². The summed E-state index contributed by atoms with van der Waals surface area (Å²) in [6.45, 7) is 1.96. The number of benzene rings is 2. The molecule has 2 aromatic carbocycles. The van der Waals surface area contributed by atoms with Crippen molar-refractivity contribution in [1.29, 1.82) is 0 Å². The SMILES string of the molecule is COC(=O)c1cc(NC(C)c2ccc(-n3cccn3)cc2)ccc1[N+](=O)[O-]. The highest BCUT2D eigenvalue weighted by molar-refractivity contribution is 5.95. The number of aromatic nitrogens is 2. The van der Waals surface area contributed by atoms with Crippen LogP contribution in [0.2, 0.25) is 0 Å². The van der Waals surface area contributed by atoms with Gasteiger partial charge in [0, 0.05) is 30.2 Å². The Morgan fingerprint density at radius 2 is 2.00 bits per heavy atom. The lowest BCUT2D eigenvalue weighted by Gasteiger charge is -2.17. The molecule has 0 radical (unpaired) electrons. The van der Waals surface area contributed by atoms with Crippen LogP contribution in [0.3, 0.4) is 0 Å². The Kier molecular flexibility index (Phi) is 5.16. The molecule has 0 saturated carbocycles. The summed E-state index contributed by atoms with van der Waals surface area (Å²) >= 11 is 0. The second-order valence-electron chi connectivity index (χ2n) is 5.89. The third-order valence-corrected chi connectivity index (χ3v) is 4.14. The van der Waals surface area contributed by atoms with Gasteiger partial charge in [-0.1, -0.05) is 12.1 Å². The van der Waals surface area contributed by atoms with Crippen LogP contribution in [0.15, 0.2) is 60.9 Å². The molecule has 8 nitrogen and oxygen atoms in total. The van der Waals surface area contributed by atoms with Gasteiger partial charge in [0.25, 0.3) is 5.69 Å². The van der Waals surface area contributed by atoms with Gasteiger partial charge in [0.2, 0.25) is 0 Å². The first-order valence-electron chi connectivity index (χ1n) is 8.23. The van der Waals surface area contributed by atoms with Crippen LogP contribution in [0.4, 0.5) is 11.4 Å². The van der Waals surface area contributed by atoms with Gasteiger partial charge in [-0.05, 0) is 42.8 Å². The van der Waals surface area contributed by atoms with Gasteiger partial charge >= 0.3 is 5.97 Å². The van der Waals surface area contributed by atoms with Crippen molar-refractivity contribution in [2.45, 2.75) is 13.0 Å². The summed E-state index contributed by atoms with van der Waals surface area (Å²) in [5.41, 5.74) is 2.17. The lowest BCUT2D eigenvalue weighted by atomic mass is 10.1. The van der Waals surface area contributed by atoms with Gasteiger partial charge in [-0.25, -0.2) is 9.48 Å². The number of hydrogen-bond acceptors (Lipinski definition) is 6. The van der Waals surface area contributed by atoms with Crippen LogP contribution >= 0.6 is 0 Å². The molecular formula is C19H18N4O4. The van der Waals surface area contributed by atoms with Crippen molar-refractivity contribution >= 4 is 17.3 Å². The molecule has 0 aliphatic heterocycles. The summed E-state index contributed by atoms with van der Waals surface area (Å²) < 4.78 is 6.41. The number of rotatable bonds is 6. The molecule has 1 atom stereocenters. The van der Waals surface area contributed by atoms with E-state index in [-0.39, 0.29) is 17.3 Å². The van der Waals surface area contributed by atoms with E-state index in [0.717, 1.165) is 11.3 Å². The van der Waals surface area contributed by atoms with E-state index in [4.69, 9.17) is 0 Å². The number of carbonyl (C=O) groups is 1. The molecule has 1 aromatic heterocycles. The smallest absolute Gasteiger partial charge is 0.344 e. The number of ether oxygens (including phenoxy) is 1. The van der Waals surface area contributed by atoms with Gasteiger partial charge in [-0.2, -0.15) is 5.10 Å². The van der Waals surface area contributed by atoms with Gasteiger partial charge in [0.15, 0.2) is 0 Å². The predicted octanol–water partition coefficient (Wildman–Crippen LogP) is 3.74. The third-order valence-electron chi connectivity index (χ3n) is 4.14. The van der Waals surface area contributed by atoms with Crippen molar-refractivity contribution in [3.63, 3.8) is 0 Å². The maximum atomic E-state index is 11.8. The maximum absolute atomic E-state index is 11.8. The lowest BCUT2D eigenvalue weighted by Crippen LogP contribution is -2.10. The predicted molar refractivity (Wildman–Crippen MR) is 100 cm³/mol. The molecule has 0 aliphatic carbocycles. The number of nitrogens with zero attached hydrogens (tertiary/aromatic N) is 3. The Morgan fingerprint density at radius 3 is 2.59 bits per heavy atom. The first-order chi connectivity index (χ1) is 13.0. The van der Waals surface area contributed by atoms with E-state index in [2.05, 4.69) is 15.2 Å². The number of anilines is 1. The summed E-state index contributed by atoms with van der Waals surface area (Å²) in [5, 5.41) is 18.5. The topological polar surface area (TPSA) is 99.3 Å². The number of nitro groups is 1. The average molecular weight is 366 g/mol. The van der Waals surface area contributed by atoms with Crippen molar-refractivity contribution in [2.75, 3.05) is 12.4 Å². The van der Waals surface area contributed by atoms with Crippen molar-refractivity contribution in [1.82, 2.24) is 9.78 Å². The van der Waals surface area contributed by atoms with E-state index in [1.165, 1.54) is 19.2 Å². The first kappa shape index (κ1) is 18.1. The molecule has 1 N–H and O–H groups in total. The van der Waals surface area contributed by atoms with E-state index in [1.54, 1.807) is 16.9 Å². The standard InChI is InChI=1S/C19H18N4O4/c1-13(14-4-7-16(8-5-14)22-11-3-10-20-22)21-15-6-9-18(23(25)26)17(12-15)19(24)27-2/h3-13,21H,1-2H3. The van der Waals surface area contributed by atoms with Gasteiger partial charge in [-0.15, -0.1) is 0 Å². The zero-order chi connectivity index (χ0) is 19.4. The van der Waals surface area contributed by atoms with Crippen LogP contribution in [-0.2, 0) is 4.74 Å². The van der Waals surface area contributed by atoms with Crippen LogP contribution in [0.5, 0.6) is 0 Å². The maximum Gasteiger partial charge on any atom is 0.344 e. The van der Waals surface area contributed by atoms with Crippen molar-refractivity contribution in [2.24, 2.45) is 0 Å². The number of carbonyl (C=O) groups excluding carboxylic acids is 1. The Labute approximate surface area is 155 Å². The van der Waals surface area contributed by atoms with Gasteiger partial charge in [-0.3, -0.25) is 10.1 Å². The molecule has 0 aliphatic rings. The number of esters is 1. The highest BCUT2D eigenvalue weighted by Gasteiger charge is 2.21. The van der Waals surface area contributed by atoms with Crippen molar-refractivity contribution in [3.05, 3.63) is 82.2 Å². The number of hydrogen-bond donors (Lipinski definition) is 1. The normalized spacial score (nSPS) is 11.6. The zero-order valence-electron chi connectivity index (χ0n) is 14.8. The minimum Gasteiger partial charge on any atom is -0.465 e. The van der Waals surface area contributed by atoms with Gasteiger partial charge in [0.1, 0.15) is 5.56 Å². The molecule has 0 bridgehead atoms. The molecular weight excluding hydrogens is 348 g/mol. The summed E-state index contributed by atoms with van der Waals surface area (Å²) in [7, 11) is 1.19. The average Bonchev–Trinajstić information content (AvgIpc) is 3.22. The second-order valence-corrected chi connectivity index (χ2v) is 5.89. The Balaban J connectivity index is 1.80. The van der Waals surface area contributed by atoms with E-state index in [9.17, 15) is 14.9 Å². The summed E-state index contributed by atoms with van der Waals surface area (Å²) in [4.78, 5) is 22.3.